The van der Waals surface area contributed by atoms with Gasteiger partial charge < -0.3 is 5.73 Å². The Bertz CT molecular complexity index is 267. The molecular weight excluding hydrogens is 228 g/mol. The van der Waals surface area contributed by atoms with Gasteiger partial charge in [-0.15, -0.1) is 0 Å². The van der Waals surface area contributed by atoms with Crippen molar-refractivity contribution in [2.45, 2.75) is 57.9 Å². The van der Waals surface area contributed by atoms with E-state index in [9.17, 15) is 0 Å². The highest BCUT2D eigenvalue weighted by Gasteiger charge is 2.40. The molecule has 100 valence electrons. The van der Waals surface area contributed by atoms with E-state index < -0.39 is 0 Å². The monoisotopic (exact) mass is 256 g/mol. The van der Waals surface area contributed by atoms with Crippen LogP contribution in [0, 0.1) is 11.3 Å². The van der Waals surface area contributed by atoms with Crippen LogP contribution >= 0.6 is 11.8 Å². The van der Waals surface area contributed by atoms with Crippen LogP contribution in [0.1, 0.15) is 40.5 Å². The summed E-state index contributed by atoms with van der Waals surface area (Å²) >= 11 is 2.12. The van der Waals surface area contributed by atoms with Gasteiger partial charge in [0.1, 0.15) is 0 Å². The Balaban J connectivity index is 1.93. The zero-order valence-corrected chi connectivity index (χ0v) is 12.6. The second-order valence-corrected chi connectivity index (χ2v) is 8.11. The smallest absolute Gasteiger partial charge is 0.0184 e. The third-order valence-corrected chi connectivity index (χ3v) is 6.39. The van der Waals surface area contributed by atoms with E-state index in [1.54, 1.807) is 0 Å². The minimum Gasteiger partial charge on any atom is -0.327 e. The van der Waals surface area contributed by atoms with Crippen LogP contribution in [0.4, 0.5) is 0 Å². The lowest BCUT2D eigenvalue weighted by Gasteiger charge is -2.40. The molecule has 4 atom stereocenters. The average Bonchev–Trinajstić information content (AvgIpc) is 2.52. The van der Waals surface area contributed by atoms with Crippen molar-refractivity contribution in [2.75, 3.05) is 18.8 Å². The van der Waals surface area contributed by atoms with Crippen molar-refractivity contribution in [1.29, 1.82) is 0 Å². The van der Waals surface area contributed by atoms with E-state index in [0.29, 0.717) is 23.4 Å². The molecule has 2 fully saturated rings. The third-order valence-electron chi connectivity index (χ3n) is 5.05. The van der Waals surface area contributed by atoms with Gasteiger partial charge in [0.15, 0.2) is 0 Å². The normalized spacial score (nSPS) is 42.9. The summed E-state index contributed by atoms with van der Waals surface area (Å²) in [7, 11) is 0. The molecule has 0 aromatic heterocycles. The van der Waals surface area contributed by atoms with Crippen LogP contribution in [0.2, 0.25) is 0 Å². The number of nitrogens with two attached hydrogens (primary N) is 1. The van der Waals surface area contributed by atoms with Gasteiger partial charge >= 0.3 is 0 Å². The number of hydrogen-bond donors (Lipinski definition) is 1. The zero-order valence-electron chi connectivity index (χ0n) is 11.8. The van der Waals surface area contributed by atoms with E-state index in [0.717, 1.165) is 5.25 Å². The number of rotatable bonds is 2. The molecule has 0 amide bonds. The first-order valence-electron chi connectivity index (χ1n) is 7.03. The van der Waals surface area contributed by atoms with Crippen LogP contribution in [-0.4, -0.2) is 41.1 Å². The summed E-state index contributed by atoms with van der Waals surface area (Å²) in [5.74, 6) is 2.00. The Morgan fingerprint density at radius 2 is 2.06 bits per heavy atom. The van der Waals surface area contributed by atoms with Gasteiger partial charge in [0.25, 0.3) is 0 Å². The van der Waals surface area contributed by atoms with E-state index in [-0.39, 0.29) is 0 Å². The fraction of sp³-hybridized carbons (Fsp3) is 1.00. The van der Waals surface area contributed by atoms with Crippen molar-refractivity contribution in [3.63, 3.8) is 0 Å². The molecule has 0 aromatic carbocycles. The molecule has 0 aromatic rings. The summed E-state index contributed by atoms with van der Waals surface area (Å²) in [5.41, 5.74) is 6.77. The highest BCUT2D eigenvalue weighted by molar-refractivity contribution is 8.00. The summed E-state index contributed by atoms with van der Waals surface area (Å²) in [4.78, 5) is 2.67. The Hall–Kier alpha value is 0.270. The molecular formula is C14H28N2S. The lowest BCUT2D eigenvalue weighted by atomic mass is 9.85. The summed E-state index contributed by atoms with van der Waals surface area (Å²) < 4.78 is 0. The lowest BCUT2D eigenvalue weighted by Crippen LogP contribution is -2.49. The molecule has 17 heavy (non-hydrogen) atoms. The van der Waals surface area contributed by atoms with Crippen molar-refractivity contribution in [3.8, 4) is 0 Å². The summed E-state index contributed by atoms with van der Waals surface area (Å²) in [5, 5.41) is 0.773. The maximum Gasteiger partial charge on any atom is 0.0184 e. The summed E-state index contributed by atoms with van der Waals surface area (Å²) in [6.45, 7) is 11.9. The molecule has 2 nitrogen and oxygen atoms in total. The second kappa shape index (κ2) is 5.10. The van der Waals surface area contributed by atoms with E-state index in [4.69, 9.17) is 5.73 Å². The van der Waals surface area contributed by atoms with Crippen LogP contribution in [0.25, 0.3) is 0 Å². The topological polar surface area (TPSA) is 29.3 Å². The van der Waals surface area contributed by atoms with Crippen LogP contribution in [0.5, 0.6) is 0 Å². The van der Waals surface area contributed by atoms with Crippen LogP contribution in [0.15, 0.2) is 0 Å². The molecule has 1 heterocycles. The SMILES string of the molecule is CC1SCCN(CC2CCC(C)(C)C2N)C1C. The first-order valence-corrected chi connectivity index (χ1v) is 8.08. The van der Waals surface area contributed by atoms with Crippen LogP contribution < -0.4 is 5.73 Å². The van der Waals surface area contributed by atoms with Crippen LogP contribution in [0.3, 0.4) is 0 Å². The molecule has 2 N–H and O–H groups in total. The van der Waals surface area contributed by atoms with Gasteiger partial charge in [-0.25, -0.2) is 0 Å². The number of thioether (sulfide) groups is 1. The molecule has 2 aliphatic rings. The molecule has 0 radical (unpaired) electrons. The van der Waals surface area contributed by atoms with Gasteiger partial charge in [-0.3, -0.25) is 4.90 Å². The molecule has 3 heteroatoms. The van der Waals surface area contributed by atoms with E-state index in [2.05, 4.69) is 44.4 Å². The van der Waals surface area contributed by atoms with Gasteiger partial charge in [-0.05, 0) is 31.1 Å². The fourth-order valence-corrected chi connectivity index (χ4v) is 4.46. The molecule has 0 spiro atoms. The third kappa shape index (κ3) is 2.82. The molecule has 1 saturated heterocycles. The second-order valence-electron chi connectivity index (χ2n) is 6.62. The van der Waals surface area contributed by atoms with Gasteiger partial charge in [0.05, 0.1) is 0 Å². The minimum absolute atomic E-state index is 0.351. The van der Waals surface area contributed by atoms with E-state index in [1.807, 2.05) is 0 Å². The van der Waals surface area contributed by atoms with Gasteiger partial charge in [-0.2, -0.15) is 11.8 Å². The molecule has 4 unspecified atom stereocenters. The van der Waals surface area contributed by atoms with Crippen molar-refractivity contribution < 1.29 is 0 Å². The largest absolute Gasteiger partial charge is 0.327 e. The van der Waals surface area contributed by atoms with E-state index >= 15 is 0 Å². The van der Waals surface area contributed by atoms with Crippen molar-refractivity contribution in [3.05, 3.63) is 0 Å². The molecule has 1 aliphatic heterocycles. The van der Waals surface area contributed by atoms with Crippen molar-refractivity contribution in [1.82, 2.24) is 4.90 Å². The molecule has 0 bridgehead atoms. The van der Waals surface area contributed by atoms with Gasteiger partial charge in [0.2, 0.25) is 0 Å². The quantitative estimate of drug-likeness (QED) is 0.823. The van der Waals surface area contributed by atoms with Gasteiger partial charge in [0, 0.05) is 36.2 Å². The molecule has 1 saturated carbocycles. The fourth-order valence-electron chi connectivity index (χ4n) is 3.30. The van der Waals surface area contributed by atoms with Crippen molar-refractivity contribution in [2.24, 2.45) is 17.1 Å². The van der Waals surface area contributed by atoms with Crippen molar-refractivity contribution >= 4 is 11.8 Å². The minimum atomic E-state index is 0.351. The molecule has 1 aliphatic carbocycles. The highest BCUT2D eigenvalue weighted by Crippen LogP contribution is 2.41. The standard InChI is InChI=1S/C14H28N2S/c1-10-11(2)17-8-7-16(10)9-12-5-6-14(3,4)13(12)15/h10-13H,5-9,15H2,1-4H3. The Morgan fingerprint density at radius 3 is 2.65 bits per heavy atom. The van der Waals surface area contributed by atoms with Gasteiger partial charge in [-0.1, -0.05) is 20.8 Å². The first-order chi connectivity index (χ1) is 7.92. The first kappa shape index (κ1) is 13.7. The summed E-state index contributed by atoms with van der Waals surface area (Å²) in [6.07, 6.45) is 2.62. The predicted molar refractivity (Wildman–Crippen MR) is 77.4 cm³/mol. The predicted octanol–water partition coefficient (Wildman–Crippen LogP) is 2.58. The van der Waals surface area contributed by atoms with E-state index in [1.165, 1.54) is 31.7 Å². The summed E-state index contributed by atoms with van der Waals surface area (Å²) in [6, 6.07) is 1.10. The number of hydrogen-bond acceptors (Lipinski definition) is 3. The average molecular weight is 256 g/mol. The van der Waals surface area contributed by atoms with Crippen LogP contribution in [-0.2, 0) is 0 Å². The maximum atomic E-state index is 6.42. The molecule has 2 rings (SSSR count). The Labute approximate surface area is 111 Å². The Morgan fingerprint density at radius 1 is 1.35 bits per heavy atom. The lowest BCUT2D eigenvalue weighted by molar-refractivity contribution is 0.165. The number of nitrogens with zero attached hydrogens (tertiary/aromatic N) is 1. The zero-order chi connectivity index (χ0) is 12.6. The maximum absolute atomic E-state index is 6.42. The Kier molecular flexibility index (Phi) is 4.11. The highest BCUT2D eigenvalue weighted by atomic mass is 32.2.